The fourth-order valence-corrected chi connectivity index (χ4v) is 2.84. The summed E-state index contributed by atoms with van der Waals surface area (Å²) in [6, 6.07) is 5.16. The predicted octanol–water partition coefficient (Wildman–Crippen LogP) is 2.71. The lowest BCUT2D eigenvalue weighted by atomic mass is 9.82. The number of benzene rings is 1. The molecule has 0 spiro atoms. The molecule has 4 heteroatoms. The third-order valence-electron chi connectivity index (χ3n) is 3.96. The molecule has 0 aliphatic heterocycles. The van der Waals surface area contributed by atoms with Gasteiger partial charge in [0, 0.05) is 29.9 Å². The van der Waals surface area contributed by atoms with E-state index in [-0.39, 0.29) is 36.0 Å². The first-order valence-corrected chi connectivity index (χ1v) is 7.08. The molecule has 0 radical (unpaired) electrons. The molecule has 4 nitrogen and oxygen atoms in total. The Kier molecular flexibility index (Phi) is 4.46. The SMILES string of the molecule is CC(=O)c1c(C)cccc1C(=O)CC1CCC(=O)CC1=O. The van der Waals surface area contributed by atoms with E-state index in [1.54, 1.807) is 25.1 Å². The van der Waals surface area contributed by atoms with Crippen LogP contribution in [0, 0.1) is 12.8 Å². The maximum absolute atomic E-state index is 12.4. The van der Waals surface area contributed by atoms with Crippen LogP contribution in [0.3, 0.4) is 0 Å². The zero-order valence-electron chi connectivity index (χ0n) is 12.3. The Balaban J connectivity index is 2.22. The van der Waals surface area contributed by atoms with Gasteiger partial charge in [0.15, 0.2) is 11.6 Å². The first-order chi connectivity index (χ1) is 9.90. The van der Waals surface area contributed by atoms with E-state index in [9.17, 15) is 19.2 Å². The second-order valence-electron chi connectivity index (χ2n) is 5.60. The van der Waals surface area contributed by atoms with E-state index < -0.39 is 5.92 Å². The van der Waals surface area contributed by atoms with Crippen molar-refractivity contribution in [1.82, 2.24) is 0 Å². The molecule has 0 heterocycles. The molecular formula is C17H18O4. The van der Waals surface area contributed by atoms with Crippen LogP contribution in [0.2, 0.25) is 0 Å². The van der Waals surface area contributed by atoms with Crippen molar-refractivity contribution in [2.75, 3.05) is 0 Å². The molecule has 1 aliphatic carbocycles. The lowest BCUT2D eigenvalue weighted by Gasteiger charge is -2.19. The third kappa shape index (κ3) is 3.32. The lowest BCUT2D eigenvalue weighted by molar-refractivity contribution is -0.132. The highest BCUT2D eigenvalue weighted by atomic mass is 16.2. The molecule has 0 saturated heterocycles. The van der Waals surface area contributed by atoms with Gasteiger partial charge in [-0.3, -0.25) is 19.2 Å². The second-order valence-corrected chi connectivity index (χ2v) is 5.60. The molecule has 0 N–H and O–H groups in total. The summed E-state index contributed by atoms with van der Waals surface area (Å²) in [5, 5.41) is 0. The molecule has 0 amide bonds. The summed E-state index contributed by atoms with van der Waals surface area (Å²) in [4.78, 5) is 47.2. The highest BCUT2D eigenvalue weighted by Gasteiger charge is 2.29. The Labute approximate surface area is 123 Å². The molecule has 1 fully saturated rings. The number of ketones is 4. The minimum atomic E-state index is -0.393. The van der Waals surface area contributed by atoms with Gasteiger partial charge in [0.25, 0.3) is 0 Å². The van der Waals surface area contributed by atoms with Crippen LogP contribution in [0.25, 0.3) is 0 Å². The van der Waals surface area contributed by atoms with Gasteiger partial charge in [0.2, 0.25) is 0 Å². The highest BCUT2D eigenvalue weighted by Crippen LogP contribution is 2.25. The van der Waals surface area contributed by atoms with E-state index in [0.29, 0.717) is 24.0 Å². The van der Waals surface area contributed by atoms with E-state index in [1.807, 2.05) is 0 Å². The van der Waals surface area contributed by atoms with E-state index in [0.717, 1.165) is 5.56 Å². The Morgan fingerprint density at radius 2 is 1.95 bits per heavy atom. The van der Waals surface area contributed by atoms with Crippen molar-refractivity contribution in [2.24, 2.45) is 5.92 Å². The summed E-state index contributed by atoms with van der Waals surface area (Å²) in [5.74, 6) is -0.950. The van der Waals surface area contributed by atoms with Gasteiger partial charge in [-0.15, -0.1) is 0 Å². The molecule has 0 bridgehead atoms. The van der Waals surface area contributed by atoms with Crippen molar-refractivity contribution in [3.05, 3.63) is 34.9 Å². The normalized spacial score (nSPS) is 18.7. The first-order valence-electron chi connectivity index (χ1n) is 7.08. The van der Waals surface area contributed by atoms with E-state index in [4.69, 9.17) is 0 Å². The smallest absolute Gasteiger partial charge is 0.164 e. The number of carbonyl (C=O) groups excluding carboxylic acids is 4. The van der Waals surface area contributed by atoms with Crippen LogP contribution >= 0.6 is 0 Å². The van der Waals surface area contributed by atoms with Gasteiger partial charge in [-0.05, 0) is 25.8 Å². The average Bonchev–Trinajstić information content (AvgIpc) is 2.41. The maximum atomic E-state index is 12.4. The number of hydrogen-bond donors (Lipinski definition) is 0. The molecule has 1 unspecified atom stereocenters. The zero-order chi connectivity index (χ0) is 15.6. The average molecular weight is 286 g/mol. The predicted molar refractivity (Wildman–Crippen MR) is 77.5 cm³/mol. The number of carbonyl (C=O) groups is 4. The quantitative estimate of drug-likeness (QED) is 0.630. The number of aryl methyl sites for hydroxylation is 1. The number of rotatable bonds is 4. The molecule has 1 aliphatic rings. The van der Waals surface area contributed by atoms with Gasteiger partial charge in [0.1, 0.15) is 11.6 Å². The Bertz CT molecular complexity index is 628. The molecular weight excluding hydrogens is 268 g/mol. The molecule has 110 valence electrons. The van der Waals surface area contributed by atoms with Gasteiger partial charge in [-0.1, -0.05) is 18.2 Å². The van der Waals surface area contributed by atoms with Crippen LogP contribution in [-0.2, 0) is 9.59 Å². The van der Waals surface area contributed by atoms with Crippen molar-refractivity contribution in [3.8, 4) is 0 Å². The Morgan fingerprint density at radius 1 is 1.24 bits per heavy atom. The van der Waals surface area contributed by atoms with Crippen LogP contribution in [0.4, 0.5) is 0 Å². The zero-order valence-corrected chi connectivity index (χ0v) is 12.3. The monoisotopic (exact) mass is 286 g/mol. The summed E-state index contributed by atoms with van der Waals surface area (Å²) >= 11 is 0. The Hall–Kier alpha value is -2.10. The first kappa shape index (κ1) is 15.3. The van der Waals surface area contributed by atoms with Crippen molar-refractivity contribution < 1.29 is 19.2 Å². The van der Waals surface area contributed by atoms with Gasteiger partial charge in [-0.2, -0.15) is 0 Å². The van der Waals surface area contributed by atoms with Crippen molar-refractivity contribution in [3.63, 3.8) is 0 Å². The lowest BCUT2D eigenvalue weighted by Crippen LogP contribution is -2.27. The van der Waals surface area contributed by atoms with Crippen LogP contribution < -0.4 is 0 Å². The topological polar surface area (TPSA) is 68.3 Å². The maximum Gasteiger partial charge on any atom is 0.164 e. The van der Waals surface area contributed by atoms with Crippen LogP contribution in [0.5, 0.6) is 0 Å². The summed E-state index contributed by atoms with van der Waals surface area (Å²) in [6.45, 7) is 3.22. The minimum Gasteiger partial charge on any atom is -0.299 e. The van der Waals surface area contributed by atoms with Crippen molar-refractivity contribution in [2.45, 2.75) is 39.5 Å². The van der Waals surface area contributed by atoms with Gasteiger partial charge < -0.3 is 0 Å². The minimum absolute atomic E-state index is 0.0521. The fourth-order valence-electron chi connectivity index (χ4n) is 2.84. The fraction of sp³-hybridized carbons (Fsp3) is 0.412. The van der Waals surface area contributed by atoms with Gasteiger partial charge in [-0.25, -0.2) is 0 Å². The molecule has 0 aromatic heterocycles. The molecule has 1 saturated carbocycles. The van der Waals surface area contributed by atoms with Crippen LogP contribution in [0.15, 0.2) is 18.2 Å². The molecule has 1 aromatic carbocycles. The van der Waals surface area contributed by atoms with E-state index >= 15 is 0 Å². The molecule has 1 aromatic rings. The molecule has 21 heavy (non-hydrogen) atoms. The van der Waals surface area contributed by atoms with Gasteiger partial charge in [0.05, 0.1) is 6.42 Å². The van der Waals surface area contributed by atoms with Crippen LogP contribution in [0.1, 0.15) is 58.9 Å². The molecule has 1 atom stereocenters. The standard InChI is InChI=1S/C17H18O4/c1-10-4-3-5-14(17(10)11(2)18)16(21)8-12-6-7-13(19)9-15(12)20/h3-5,12H,6-9H2,1-2H3. The number of hydrogen-bond acceptors (Lipinski definition) is 4. The van der Waals surface area contributed by atoms with Crippen molar-refractivity contribution >= 4 is 23.1 Å². The summed E-state index contributed by atoms with van der Waals surface area (Å²) in [7, 11) is 0. The van der Waals surface area contributed by atoms with Gasteiger partial charge >= 0.3 is 0 Å². The summed E-state index contributed by atoms with van der Waals surface area (Å²) in [6.07, 6.45) is 0.808. The van der Waals surface area contributed by atoms with E-state index in [1.165, 1.54) is 6.92 Å². The largest absolute Gasteiger partial charge is 0.299 e. The van der Waals surface area contributed by atoms with E-state index in [2.05, 4.69) is 0 Å². The van der Waals surface area contributed by atoms with Crippen molar-refractivity contribution in [1.29, 1.82) is 0 Å². The summed E-state index contributed by atoms with van der Waals surface area (Å²) < 4.78 is 0. The molecule has 2 rings (SSSR count). The van der Waals surface area contributed by atoms with Crippen LogP contribution in [-0.4, -0.2) is 23.1 Å². The number of Topliss-reactive ketones (excluding diaryl/α,β-unsaturated/α-hetero) is 4. The highest BCUT2D eigenvalue weighted by molar-refractivity contribution is 6.10. The third-order valence-corrected chi connectivity index (χ3v) is 3.96. The summed E-state index contributed by atoms with van der Waals surface area (Å²) in [5.41, 5.74) is 1.58. The Morgan fingerprint density at radius 3 is 2.57 bits per heavy atom. The second kappa shape index (κ2) is 6.12.